The number of alkyl carbamates (subject to hydrolysis) is 1. The summed E-state index contributed by atoms with van der Waals surface area (Å²) >= 11 is 0. The third kappa shape index (κ3) is 10.5. The number of esters is 1. The van der Waals surface area contributed by atoms with E-state index in [1.165, 1.54) is 7.05 Å². The van der Waals surface area contributed by atoms with Crippen molar-refractivity contribution in [3.8, 4) is 11.8 Å². The van der Waals surface area contributed by atoms with Gasteiger partial charge in [0.05, 0.1) is 6.61 Å². The second kappa shape index (κ2) is 10.8. The van der Waals surface area contributed by atoms with Crippen LogP contribution in [-0.2, 0) is 19.0 Å². The minimum atomic E-state index is -0.661. The number of nitrogens with one attached hydrogen (secondary N) is 1. The smallest absolute Gasteiger partial charge is 0.407 e. The Balaban J connectivity index is 3.51. The predicted octanol–water partition coefficient (Wildman–Crippen LogP) is 0.316. The molecule has 6 heteroatoms. The molecule has 0 saturated heterocycles. The minimum Gasteiger partial charge on any atom is -0.454 e. The first-order chi connectivity index (χ1) is 8.20. The summed E-state index contributed by atoms with van der Waals surface area (Å²) in [5.74, 6) is 3.87. The molecule has 1 amide bonds. The lowest BCUT2D eigenvalue weighted by Gasteiger charge is -2.01. The molecule has 0 atom stereocenters. The number of ether oxygens (including phenoxy) is 3. The van der Waals surface area contributed by atoms with Crippen molar-refractivity contribution in [2.45, 2.75) is 13.3 Å². The zero-order chi connectivity index (χ0) is 12.9. The van der Waals surface area contributed by atoms with E-state index in [2.05, 4.69) is 21.9 Å². The molecule has 0 aliphatic heterocycles. The van der Waals surface area contributed by atoms with E-state index in [-0.39, 0.29) is 13.2 Å². The number of hydrogen-bond acceptors (Lipinski definition) is 5. The van der Waals surface area contributed by atoms with Crippen LogP contribution in [0, 0.1) is 11.8 Å². The van der Waals surface area contributed by atoms with E-state index in [1.807, 2.05) is 6.92 Å². The van der Waals surface area contributed by atoms with Gasteiger partial charge < -0.3 is 19.5 Å². The topological polar surface area (TPSA) is 73.9 Å². The molecule has 0 fully saturated rings. The van der Waals surface area contributed by atoms with Gasteiger partial charge in [-0.3, -0.25) is 0 Å². The summed E-state index contributed by atoms with van der Waals surface area (Å²) in [4.78, 5) is 21.6. The van der Waals surface area contributed by atoms with E-state index in [9.17, 15) is 9.59 Å². The molecular formula is C11H17NO5. The first-order valence-electron chi connectivity index (χ1n) is 5.28. The average Bonchev–Trinajstić information content (AvgIpc) is 2.34. The Bertz CT molecular complexity index is 292. The minimum absolute atomic E-state index is 0.152. The van der Waals surface area contributed by atoms with Crippen molar-refractivity contribution >= 4 is 12.1 Å². The summed E-state index contributed by atoms with van der Waals surface area (Å²) in [6.45, 7) is 3.01. The van der Waals surface area contributed by atoms with Crippen molar-refractivity contribution in [2.24, 2.45) is 0 Å². The lowest BCUT2D eigenvalue weighted by Crippen LogP contribution is -2.19. The predicted molar refractivity (Wildman–Crippen MR) is 60.3 cm³/mol. The van der Waals surface area contributed by atoms with Crippen LogP contribution in [0.25, 0.3) is 0 Å². The van der Waals surface area contributed by atoms with Crippen molar-refractivity contribution < 1.29 is 23.8 Å². The van der Waals surface area contributed by atoms with E-state index >= 15 is 0 Å². The molecular weight excluding hydrogens is 226 g/mol. The van der Waals surface area contributed by atoms with Crippen LogP contribution in [0.2, 0.25) is 0 Å². The molecule has 0 unspecified atom stereocenters. The van der Waals surface area contributed by atoms with Crippen molar-refractivity contribution in [3.05, 3.63) is 0 Å². The Hall–Kier alpha value is -1.74. The largest absolute Gasteiger partial charge is 0.454 e. The van der Waals surface area contributed by atoms with Crippen LogP contribution in [0.15, 0.2) is 0 Å². The number of carbonyl (C=O) groups is 2. The van der Waals surface area contributed by atoms with Crippen LogP contribution < -0.4 is 5.32 Å². The lowest BCUT2D eigenvalue weighted by molar-refractivity contribution is -0.138. The fraction of sp³-hybridized carbons (Fsp3) is 0.636. The summed E-state index contributed by atoms with van der Waals surface area (Å²) in [7, 11) is 1.43. The Kier molecular flexibility index (Phi) is 9.67. The highest BCUT2D eigenvalue weighted by Crippen LogP contribution is 1.82. The zero-order valence-electron chi connectivity index (χ0n) is 10.1. The molecule has 0 spiro atoms. The molecule has 0 radical (unpaired) electrons. The van der Waals surface area contributed by atoms with Gasteiger partial charge >= 0.3 is 12.1 Å². The molecule has 96 valence electrons. The van der Waals surface area contributed by atoms with Gasteiger partial charge in [-0.25, -0.2) is 9.59 Å². The summed E-state index contributed by atoms with van der Waals surface area (Å²) in [6, 6.07) is 0. The molecule has 0 aromatic rings. The third-order valence-corrected chi connectivity index (χ3v) is 1.48. The molecule has 0 rings (SSSR count). The summed E-state index contributed by atoms with van der Waals surface area (Å²) in [5, 5.41) is 2.25. The van der Waals surface area contributed by atoms with Gasteiger partial charge in [0, 0.05) is 19.6 Å². The Morgan fingerprint density at radius 1 is 1.18 bits per heavy atom. The van der Waals surface area contributed by atoms with E-state index in [1.54, 1.807) is 0 Å². The molecule has 0 aliphatic carbocycles. The van der Waals surface area contributed by atoms with Crippen LogP contribution in [0.1, 0.15) is 13.3 Å². The molecule has 17 heavy (non-hydrogen) atoms. The van der Waals surface area contributed by atoms with E-state index in [0.717, 1.165) is 6.42 Å². The first kappa shape index (κ1) is 15.3. The second-order valence-electron chi connectivity index (χ2n) is 2.88. The standard InChI is InChI=1S/C11H17NO5/c1-3-6-15-8-9-16-10(13)5-4-7-17-11(14)12-2/h3,6-9H2,1-2H3,(H,12,14). The van der Waals surface area contributed by atoms with Gasteiger partial charge in [-0.1, -0.05) is 6.92 Å². The van der Waals surface area contributed by atoms with Gasteiger partial charge in [0.2, 0.25) is 0 Å². The molecule has 0 saturated carbocycles. The fourth-order valence-electron chi connectivity index (χ4n) is 0.758. The number of carbonyl (C=O) groups excluding carboxylic acids is 2. The first-order valence-corrected chi connectivity index (χ1v) is 5.28. The van der Waals surface area contributed by atoms with Gasteiger partial charge in [0.15, 0.2) is 6.61 Å². The average molecular weight is 243 g/mol. The SMILES string of the molecule is CCCOCCOC(=O)C#CCOC(=O)NC. The number of amides is 1. The highest BCUT2D eigenvalue weighted by atomic mass is 16.6. The molecule has 0 aliphatic rings. The van der Waals surface area contributed by atoms with Crippen LogP contribution in [0.3, 0.4) is 0 Å². The van der Waals surface area contributed by atoms with Crippen LogP contribution in [-0.4, -0.2) is 45.5 Å². The maximum absolute atomic E-state index is 11.0. The summed E-state index contributed by atoms with van der Waals surface area (Å²) < 4.78 is 14.4. The van der Waals surface area contributed by atoms with E-state index in [0.29, 0.717) is 13.2 Å². The molecule has 0 aromatic heterocycles. The molecule has 1 N–H and O–H groups in total. The normalized spacial score (nSPS) is 8.82. The van der Waals surface area contributed by atoms with E-state index < -0.39 is 12.1 Å². The highest BCUT2D eigenvalue weighted by Gasteiger charge is 1.97. The van der Waals surface area contributed by atoms with Gasteiger partial charge in [0.25, 0.3) is 0 Å². The Labute approximate surface area is 101 Å². The van der Waals surface area contributed by atoms with Crippen molar-refractivity contribution in [1.29, 1.82) is 0 Å². The van der Waals surface area contributed by atoms with Crippen LogP contribution >= 0.6 is 0 Å². The molecule has 6 nitrogen and oxygen atoms in total. The van der Waals surface area contributed by atoms with Gasteiger partial charge in [-0.05, 0) is 12.3 Å². The molecule has 0 bridgehead atoms. The Morgan fingerprint density at radius 3 is 2.59 bits per heavy atom. The highest BCUT2D eigenvalue weighted by molar-refractivity contribution is 5.88. The second-order valence-corrected chi connectivity index (χ2v) is 2.88. The summed E-state index contributed by atoms with van der Waals surface area (Å²) in [5.41, 5.74) is 0. The van der Waals surface area contributed by atoms with Gasteiger partial charge in [-0.2, -0.15) is 0 Å². The van der Waals surface area contributed by atoms with Crippen LogP contribution in [0.4, 0.5) is 4.79 Å². The van der Waals surface area contributed by atoms with Crippen molar-refractivity contribution in [2.75, 3.05) is 33.5 Å². The molecule has 0 heterocycles. The molecule has 0 aromatic carbocycles. The maximum Gasteiger partial charge on any atom is 0.407 e. The van der Waals surface area contributed by atoms with Gasteiger partial charge in [-0.15, -0.1) is 0 Å². The number of hydrogen-bond donors (Lipinski definition) is 1. The number of rotatable bonds is 6. The fourth-order valence-corrected chi connectivity index (χ4v) is 0.758. The third-order valence-electron chi connectivity index (χ3n) is 1.48. The van der Waals surface area contributed by atoms with Gasteiger partial charge in [0.1, 0.15) is 6.61 Å². The van der Waals surface area contributed by atoms with Crippen molar-refractivity contribution in [3.63, 3.8) is 0 Å². The van der Waals surface area contributed by atoms with Crippen LogP contribution in [0.5, 0.6) is 0 Å². The quantitative estimate of drug-likeness (QED) is 0.315. The van der Waals surface area contributed by atoms with Crippen molar-refractivity contribution in [1.82, 2.24) is 5.32 Å². The van der Waals surface area contributed by atoms with E-state index in [4.69, 9.17) is 9.47 Å². The monoisotopic (exact) mass is 243 g/mol. The maximum atomic E-state index is 11.0. The lowest BCUT2D eigenvalue weighted by atomic mass is 10.5. The summed E-state index contributed by atoms with van der Waals surface area (Å²) in [6.07, 6.45) is 0.325. The zero-order valence-corrected chi connectivity index (χ0v) is 10.1. The Morgan fingerprint density at radius 2 is 1.94 bits per heavy atom.